The molecule has 116 valence electrons. The van der Waals surface area contributed by atoms with Crippen molar-refractivity contribution in [3.05, 3.63) is 35.9 Å². The lowest BCUT2D eigenvalue weighted by atomic mass is 10.1. The van der Waals surface area contributed by atoms with Crippen LogP contribution in [0.4, 0.5) is 0 Å². The van der Waals surface area contributed by atoms with Crippen LogP contribution in [0.1, 0.15) is 38.7 Å². The second-order valence-corrected chi connectivity index (χ2v) is 6.01. The van der Waals surface area contributed by atoms with E-state index in [1.165, 1.54) is 18.4 Å². The molecule has 0 amide bonds. The van der Waals surface area contributed by atoms with Crippen LogP contribution in [-0.4, -0.2) is 19.8 Å². The molecule has 1 atom stereocenters. The maximum Gasteiger partial charge on any atom is 0.128 e. The van der Waals surface area contributed by atoms with E-state index in [2.05, 4.69) is 37.4 Å². The Labute approximate surface area is 128 Å². The molecule has 1 aromatic rings. The van der Waals surface area contributed by atoms with E-state index in [4.69, 9.17) is 9.47 Å². The van der Waals surface area contributed by atoms with Gasteiger partial charge in [0.05, 0.1) is 7.11 Å². The van der Waals surface area contributed by atoms with E-state index in [9.17, 15) is 0 Å². The topological polar surface area (TPSA) is 30.5 Å². The molecule has 0 spiro atoms. The highest BCUT2D eigenvalue weighted by atomic mass is 16.5. The van der Waals surface area contributed by atoms with Crippen molar-refractivity contribution in [3.8, 4) is 11.5 Å². The van der Waals surface area contributed by atoms with Crippen LogP contribution in [0, 0.1) is 5.92 Å². The minimum atomic E-state index is 0.190. The van der Waals surface area contributed by atoms with Crippen LogP contribution in [-0.2, 0) is 6.54 Å². The molecule has 0 heterocycles. The minimum absolute atomic E-state index is 0.190. The monoisotopic (exact) mass is 289 g/mol. The normalized spacial score (nSPS) is 18.0. The van der Waals surface area contributed by atoms with Crippen LogP contribution >= 0.6 is 0 Å². The first-order chi connectivity index (χ1) is 10.2. The SMILES string of the molecule is COc1ccc(CNCC(C)C)c(OC2C=CCCC2)c1. The lowest BCUT2D eigenvalue weighted by Gasteiger charge is -2.21. The van der Waals surface area contributed by atoms with Gasteiger partial charge in [-0.05, 0) is 43.9 Å². The summed E-state index contributed by atoms with van der Waals surface area (Å²) in [5.41, 5.74) is 1.19. The molecular weight excluding hydrogens is 262 g/mol. The summed E-state index contributed by atoms with van der Waals surface area (Å²) in [5.74, 6) is 2.42. The molecule has 0 radical (unpaired) electrons. The molecular formula is C18H27NO2. The Morgan fingerprint density at radius 1 is 1.33 bits per heavy atom. The minimum Gasteiger partial charge on any atom is -0.497 e. The largest absolute Gasteiger partial charge is 0.497 e. The zero-order chi connectivity index (χ0) is 15.1. The van der Waals surface area contributed by atoms with Crippen molar-refractivity contribution in [1.82, 2.24) is 5.32 Å². The number of allylic oxidation sites excluding steroid dienone is 1. The Bertz CT molecular complexity index is 468. The lowest BCUT2D eigenvalue weighted by molar-refractivity contribution is 0.226. The summed E-state index contributed by atoms with van der Waals surface area (Å²) in [6.45, 7) is 6.26. The summed E-state index contributed by atoms with van der Waals surface area (Å²) in [7, 11) is 1.69. The molecule has 1 aliphatic rings. The number of nitrogens with one attached hydrogen (secondary N) is 1. The van der Waals surface area contributed by atoms with Gasteiger partial charge in [0.15, 0.2) is 0 Å². The molecule has 0 fully saturated rings. The third-order valence-electron chi connectivity index (χ3n) is 3.63. The second kappa shape index (κ2) is 8.08. The van der Waals surface area contributed by atoms with Crippen molar-refractivity contribution >= 4 is 0 Å². The molecule has 1 unspecified atom stereocenters. The number of rotatable bonds is 7. The number of hydrogen-bond acceptors (Lipinski definition) is 3. The summed E-state index contributed by atoms with van der Waals surface area (Å²) in [6, 6.07) is 6.08. The van der Waals surface area contributed by atoms with E-state index in [0.29, 0.717) is 5.92 Å². The Morgan fingerprint density at radius 2 is 2.19 bits per heavy atom. The summed E-state index contributed by atoms with van der Waals surface area (Å²) < 4.78 is 11.5. The molecule has 2 rings (SSSR count). The van der Waals surface area contributed by atoms with E-state index in [0.717, 1.165) is 31.0 Å². The van der Waals surface area contributed by atoms with E-state index in [-0.39, 0.29) is 6.10 Å². The molecule has 0 saturated carbocycles. The van der Waals surface area contributed by atoms with Crippen LogP contribution in [0.3, 0.4) is 0 Å². The zero-order valence-electron chi connectivity index (χ0n) is 13.4. The molecule has 0 aliphatic heterocycles. The predicted octanol–water partition coefficient (Wildman–Crippen LogP) is 3.93. The molecule has 0 aromatic heterocycles. The quantitative estimate of drug-likeness (QED) is 0.772. The van der Waals surface area contributed by atoms with Gasteiger partial charge in [-0.1, -0.05) is 26.0 Å². The lowest BCUT2D eigenvalue weighted by Crippen LogP contribution is -2.21. The van der Waals surface area contributed by atoms with Gasteiger partial charge in [0, 0.05) is 18.2 Å². The maximum absolute atomic E-state index is 6.18. The highest BCUT2D eigenvalue weighted by Gasteiger charge is 2.13. The zero-order valence-corrected chi connectivity index (χ0v) is 13.4. The first-order valence-corrected chi connectivity index (χ1v) is 7.90. The fourth-order valence-electron chi connectivity index (χ4n) is 2.46. The Balaban J connectivity index is 2.07. The van der Waals surface area contributed by atoms with Gasteiger partial charge in [0.2, 0.25) is 0 Å². The molecule has 3 heteroatoms. The first kappa shape index (κ1) is 15.9. The molecule has 3 nitrogen and oxygen atoms in total. The number of ether oxygens (including phenoxy) is 2. The van der Waals surface area contributed by atoms with Crippen LogP contribution in [0.5, 0.6) is 11.5 Å². The number of methoxy groups -OCH3 is 1. The van der Waals surface area contributed by atoms with Crippen molar-refractivity contribution in [2.75, 3.05) is 13.7 Å². The summed E-state index contributed by atoms with van der Waals surface area (Å²) in [4.78, 5) is 0. The highest BCUT2D eigenvalue weighted by Crippen LogP contribution is 2.27. The highest BCUT2D eigenvalue weighted by molar-refractivity contribution is 5.41. The van der Waals surface area contributed by atoms with Crippen molar-refractivity contribution < 1.29 is 9.47 Å². The van der Waals surface area contributed by atoms with Crippen molar-refractivity contribution in [2.45, 2.75) is 45.8 Å². The van der Waals surface area contributed by atoms with Gasteiger partial charge in [-0.15, -0.1) is 0 Å². The number of hydrogen-bond donors (Lipinski definition) is 1. The van der Waals surface area contributed by atoms with Crippen LogP contribution in [0.25, 0.3) is 0 Å². The molecule has 0 bridgehead atoms. The van der Waals surface area contributed by atoms with Gasteiger partial charge >= 0.3 is 0 Å². The van der Waals surface area contributed by atoms with E-state index in [1.54, 1.807) is 7.11 Å². The van der Waals surface area contributed by atoms with Gasteiger partial charge in [-0.25, -0.2) is 0 Å². The predicted molar refractivity (Wildman–Crippen MR) is 86.9 cm³/mol. The molecule has 21 heavy (non-hydrogen) atoms. The smallest absolute Gasteiger partial charge is 0.128 e. The van der Waals surface area contributed by atoms with E-state index in [1.807, 2.05) is 12.1 Å². The van der Waals surface area contributed by atoms with Crippen LogP contribution < -0.4 is 14.8 Å². The van der Waals surface area contributed by atoms with Crippen LogP contribution in [0.15, 0.2) is 30.4 Å². The average Bonchev–Trinajstić information content (AvgIpc) is 2.49. The van der Waals surface area contributed by atoms with Gasteiger partial charge in [-0.3, -0.25) is 0 Å². The van der Waals surface area contributed by atoms with Crippen molar-refractivity contribution in [1.29, 1.82) is 0 Å². The van der Waals surface area contributed by atoms with E-state index < -0.39 is 0 Å². The van der Waals surface area contributed by atoms with Gasteiger partial charge in [-0.2, -0.15) is 0 Å². The first-order valence-electron chi connectivity index (χ1n) is 7.90. The van der Waals surface area contributed by atoms with Crippen molar-refractivity contribution in [2.24, 2.45) is 5.92 Å². The van der Waals surface area contributed by atoms with Gasteiger partial charge in [0.25, 0.3) is 0 Å². The molecule has 1 aromatic carbocycles. The number of benzene rings is 1. The fourth-order valence-corrected chi connectivity index (χ4v) is 2.46. The fraction of sp³-hybridized carbons (Fsp3) is 0.556. The summed E-state index contributed by atoms with van der Waals surface area (Å²) >= 11 is 0. The van der Waals surface area contributed by atoms with Gasteiger partial charge in [0.1, 0.15) is 17.6 Å². The summed E-state index contributed by atoms with van der Waals surface area (Å²) in [5, 5.41) is 3.48. The Kier molecular flexibility index (Phi) is 6.12. The Morgan fingerprint density at radius 3 is 2.86 bits per heavy atom. The van der Waals surface area contributed by atoms with E-state index >= 15 is 0 Å². The maximum atomic E-state index is 6.18. The average molecular weight is 289 g/mol. The molecule has 1 aliphatic carbocycles. The second-order valence-electron chi connectivity index (χ2n) is 6.01. The standard InChI is InChI=1S/C18H27NO2/c1-14(2)12-19-13-15-9-10-17(20-3)11-18(15)21-16-7-5-4-6-8-16/h5,7,9-11,14,16,19H,4,6,8,12-13H2,1-3H3. The molecule has 1 N–H and O–H groups in total. The summed E-state index contributed by atoms with van der Waals surface area (Å²) in [6.07, 6.45) is 8.04. The Hall–Kier alpha value is -1.48. The van der Waals surface area contributed by atoms with Gasteiger partial charge < -0.3 is 14.8 Å². The third-order valence-corrected chi connectivity index (χ3v) is 3.63. The van der Waals surface area contributed by atoms with Crippen LogP contribution in [0.2, 0.25) is 0 Å². The molecule has 0 saturated heterocycles. The van der Waals surface area contributed by atoms with Crippen molar-refractivity contribution in [3.63, 3.8) is 0 Å². The third kappa shape index (κ3) is 5.09.